The second-order valence-electron chi connectivity index (χ2n) is 4.46. The van der Waals surface area contributed by atoms with Crippen molar-refractivity contribution in [3.8, 4) is 0 Å². The molecule has 2 amide bonds. The summed E-state index contributed by atoms with van der Waals surface area (Å²) in [5.74, 6) is -0.208. The topological polar surface area (TPSA) is 60.9 Å². The van der Waals surface area contributed by atoms with Gasteiger partial charge in [-0.3, -0.25) is 9.59 Å². The van der Waals surface area contributed by atoms with Crippen molar-refractivity contribution < 1.29 is 14.7 Å². The van der Waals surface area contributed by atoms with Crippen LogP contribution in [0.2, 0.25) is 0 Å². The van der Waals surface area contributed by atoms with Crippen LogP contribution in [0.1, 0.15) is 22.2 Å². The lowest BCUT2D eigenvalue weighted by Crippen LogP contribution is -2.51. The third-order valence-electron chi connectivity index (χ3n) is 3.38. The molecular weight excluding hydrogens is 264 g/mol. The number of thiophene rings is 1. The summed E-state index contributed by atoms with van der Waals surface area (Å²) in [6.07, 6.45) is 0.855. The normalized spacial score (nSPS) is 15.7. The summed E-state index contributed by atoms with van der Waals surface area (Å²) in [6, 6.07) is 1.99. The van der Waals surface area contributed by atoms with Crippen molar-refractivity contribution in [2.24, 2.45) is 0 Å². The van der Waals surface area contributed by atoms with E-state index in [0.717, 1.165) is 16.9 Å². The number of aryl methyl sites for hydroxylation is 1. The maximum atomic E-state index is 12.4. The summed E-state index contributed by atoms with van der Waals surface area (Å²) < 4.78 is 0. The molecule has 1 aliphatic rings. The van der Waals surface area contributed by atoms with Crippen LogP contribution in [0, 0.1) is 0 Å². The monoisotopic (exact) mass is 282 g/mol. The molecule has 2 rings (SSSR count). The maximum absolute atomic E-state index is 12.4. The number of aliphatic hydroxyl groups excluding tert-OH is 1. The van der Waals surface area contributed by atoms with Gasteiger partial charge in [0, 0.05) is 26.2 Å². The number of hydrogen-bond donors (Lipinski definition) is 1. The van der Waals surface area contributed by atoms with E-state index in [9.17, 15) is 9.59 Å². The van der Waals surface area contributed by atoms with Crippen LogP contribution in [-0.2, 0) is 11.2 Å². The van der Waals surface area contributed by atoms with Crippen molar-refractivity contribution in [1.29, 1.82) is 0 Å². The number of hydrogen-bond acceptors (Lipinski definition) is 4. The van der Waals surface area contributed by atoms with E-state index in [1.165, 1.54) is 11.3 Å². The molecule has 0 bridgehead atoms. The van der Waals surface area contributed by atoms with Crippen LogP contribution >= 0.6 is 11.3 Å². The minimum atomic E-state index is -0.459. The molecule has 0 spiro atoms. The zero-order valence-electron chi connectivity index (χ0n) is 11.0. The first-order chi connectivity index (χ1) is 9.17. The Balaban J connectivity index is 1.98. The van der Waals surface area contributed by atoms with E-state index >= 15 is 0 Å². The third-order valence-corrected chi connectivity index (χ3v) is 4.32. The molecule has 104 valence electrons. The molecule has 0 atom stereocenters. The number of carbonyl (C=O) groups excluding carboxylic acids is 2. The average molecular weight is 282 g/mol. The maximum Gasteiger partial charge on any atom is 0.264 e. The number of nitrogens with zero attached hydrogens (tertiary/aromatic N) is 2. The average Bonchev–Trinajstić information content (AvgIpc) is 2.94. The van der Waals surface area contributed by atoms with E-state index in [1.807, 2.05) is 18.4 Å². The largest absolute Gasteiger partial charge is 0.387 e. The van der Waals surface area contributed by atoms with E-state index < -0.39 is 6.61 Å². The molecule has 0 radical (unpaired) electrons. The van der Waals surface area contributed by atoms with Gasteiger partial charge in [-0.1, -0.05) is 6.92 Å². The van der Waals surface area contributed by atoms with Crippen molar-refractivity contribution in [1.82, 2.24) is 9.80 Å². The van der Waals surface area contributed by atoms with Gasteiger partial charge in [0.1, 0.15) is 6.61 Å². The van der Waals surface area contributed by atoms with Gasteiger partial charge in [0.25, 0.3) is 5.91 Å². The SMILES string of the molecule is CCc1ccsc1C(=O)N1CCN(C(=O)CO)CC1. The fourth-order valence-electron chi connectivity index (χ4n) is 2.20. The number of rotatable bonds is 3. The molecule has 2 heterocycles. The number of aliphatic hydroxyl groups is 1. The summed E-state index contributed by atoms with van der Waals surface area (Å²) in [5, 5.41) is 10.8. The fraction of sp³-hybridized carbons (Fsp3) is 0.538. The molecule has 19 heavy (non-hydrogen) atoms. The molecule has 1 aliphatic heterocycles. The van der Waals surface area contributed by atoms with Crippen LogP contribution in [-0.4, -0.2) is 59.5 Å². The molecule has 1 N–H and O–H groups in total. The Labute approximate surface area is 116 Å². The predicted molar refractivity (Wildman–Crippen MR) is 73.3 cm³/mol. The van der Waals surface area contributed by atoms with Crippen molar-refractivity contribution in [3.05, 3.63) is 21.9 Å². The highest BCUT2D eigenvalue weighted by Crippen LogP contribution is 2.20. The first-order valence-corrected chi connectivity index (χ1v) is 7.29. The highest BCUT2D eigenvalue weighted by molar-refractivity contribution is 7.12. The smallest absolute Gasteiger partial charge is 0.264 e. The minimum absolute atomic E-state index is 0.0583. The van der Waals surface area contributed by atoms with Crippen molar-refractivity contribution in [2.75, 3.05) is 32.8 Å². The molecule has 1 saturated heterocycles. The lowest BCUT2D eigenvalue weighted by molar-refractivity contribution is -0.135. The van der Waals surface area contributed by atoms with E-state index in [1.54, 1.807) is 9.80 Å². The Morgan fingerprint density at radius 2 is 1.89 bits per heavy atom. The zero-order valence-corrected chi connectivity index (χ0v) is 11.8. The summed E-state index contributed by atoms with van der Waals surface area (Å²) >= 11 is 1.48. The standard InChI is InChI=1S/C13H18N2O3S/c1-2-10-3-8-19-12(10)13(18)15-6-4-14(5-7-15)11(17)9-16/h3,8,16H,2,4-7,9H2,1H3. The summed E-state index contributed by atoms with van der Waals surface area (Å²) in [6.45, 7) is 3.64. The van der Waals surface area contributed by atoms with Gasteiger partial charge in [-0.25, -0.2) is 0 Å². The highest BCUT2D eigenvalue weighted by atomic mass is 32.1. The van der Waals surface area contributed by atoms with Crippen LogP contribution in [0.4, 0.5) is 0 Å². The Morgan fingerprint density at radius 1 is 1.26 bits per heavy atom. The van der Waals surface area contributed by atoms with E-state index in [2.05, 4.69) is 0 Å². The highest BCUT2D eigenvalue weighted by Gasteiger charge is 2.25. The Kier molecular flexibility index (Phi) is 4.55. The van der Waals surface area contributed by atoms with Gasteiger partial charge in [-0.05, 0) is 23.4 Å². The molecule has 1 aromatic rings. The van der Waals surface area contributed by atoms with Gasteiger partial charge in [-0.15, -0.1) is 11.3 Å². The van der Waals surface area contributed by atoms with Crippen LogP contribution < -0.4 is 0 Å². The first kappa shape index (κ1) is 14.0. The first-order valence-electron chi connectivity index (χ1n) is 6.41. The van der Waals surface area contributed by atoms with Crippen molar-refractivity contribution >= 4 is 23.2 Å². The molecule has 1 fully saturated rings. The molecule has 6 heteroatoms. The van der Waals surface area contributed by atoms with Crippen molar-refractivity contribution in [3.63, 3.8) is 0 Å². The second-order valence-corrected chi connectivity index (χ2v) is 5.38. The minimum Gasteiger partial charge on any atom is -0.387 e. The van der Waals surface area contributed by atoms with Gasteiger partial charge in [0.05, 0.1) is 4.88 Å². The molecule has 0 unspecified atom stereocenters. The van der Waals surface area contributed by atoms with Crippen LogP contribution in [0.5, 0.6) is 0 Å². The Bertz CT molecular complexity index is 464. The van der Waals surface area contributed by atoms with Crippen LogP contribution in [0.15, 0.2) is 11.4 Å². The second kappa shape index (κ2) is 6.16. The van der Waals surface area contributed by atoms with Gasteiger partial charge < -0.3 is 14.9 Å². The predicted octanol–water partition coefficient (Wildman–Crippen LogP) is 0.587. The lowest BCUT2D eigenvalue weighted by Gasteiger charge is -2.34. The van der Waals surface area contributed by atoms with Gasteiger partial charge in [0.15, 0.2) is 0 Å². The summed E-state index contributed by atoms with van der Waals surface area (Å²) in [7, 11) is 0. The van der Waals surface area contributed by atoms with Gasteiger partial charge in [-0.2, -0.15) is 0 Å². The number of carbonyl (C=O) groups is 2. The lowest BCUT2D eigenvalue weighted by atomic mass is 10.2. The van der Waals surface area contributed by atoms with E-state index in [4.69, 9.17) is 5.11 Å². The Hall–Kier alpha value is -1.40. The molecule has 0 saturated carbocycles. The van der Waals surface area contributed by atoms with Crippen LogP contribution in [0.3, 0.4) is 0 Å². The number of amides is 2. The van der Waals surface area contributed by atoms with E-state index in [0.29, 0.717) is 26.2 Å². The summed E-state index contributed by atoms with van der Waals surface area (Å²) in [4.78, 5) is 27.9. The molecule has 1 aromatic heterocycles. The fourth-order valence-corrected chi connectivity index (χ4v) is 3.17. The summed E-state index contributed by atoms with van der Waals surface area (Å²) in [5.41, 5.74) is 1.09. The quantitative estimate of drug-likeness (QED) is 0.882. The van der Waals surface area contributed by atoms with Gasteiger partial charge >= 0.3 is 0 Å². The Morgan fingerprint density at radius 3 is 2.47 bits per heavy atom. The third kappa shape index (κ3) is 2.96. The number of piperazine rings is 1. The van der Waals surface area contributed by atoms with Crippen molar-refractivity contribution in [2.45, 2.75) is 13.3 Å². The van der Waals surface area contributed by atoms with Gasteiger partial charge in [0.2, 0.25) is 5.91 Å². The molecular formula is C13H18N2O3S. The van der Waals surface area contributed by atoms with E-state index in [-0.39, 0.29) is 11.8 Å². The molecule has 0 aromatic carbocycles. The molecule has 0 aliphatic carbocycles. The van der Waals surface area contributed by atoms with Crippen LogP contribution in [0.25, 0.3) is 0 Å². The zero-order chi connectivity index (χ0) is 13.8. The molecule has 5 nitrogen and oxygen atoms in total.